The molecule has 0 radical (unpaired) electrons. The van der Waals surface area contributed by atoms with Crippen molar-refractivity contribution in [2.24, 2.45) is 0 Å². The number of aryl methyl sites for hydroxylation is 1. The Labute approximate surface area is 195 Å². The van der Waals surface area contributed by atoms with Gasteiger partial charge in [0.25, 0.3) is 5.91 Å². The molecule has 0 fully saturated rings. The lowest BCUT2D eigenvalue weighted by atomic mass is 9.99. The maximum absolute atomic E-state index is 12.6. The fourth-order valence-corrected chi connectivity index (χ4v) is 5.20. The number of methoxy groups -OCH3 is 2. The monoisotopic (exact) mass is 465 g/mol. The predicted octanol–water partition coefficient (Wildman–Crippen LogP) is 4.42. The molecular weight excluding hydrogens is 442 g/mol. The Morgan fingerprint density at radius 2 is 1.67 bits per heavy atom. The van der Waals surface area contributed by atoms with Crippen LogP contribution in [-0.4, -0.2) is 38.7 Å². The lowest BCUT2D eigenvalue weighted by molar-refractivity contribution is -0.142. The van der Waals surface area contributed by atoms with Crippen LogP contribution in [0.5, 0.6) is 5.75 Å². The summed E-state index contributed by atoms with van der Waals surface area (Å²) in [6.45, 7) is -0.228. The third-order valence-electron chi connectivity index (χ3n) is 5.49. The quantitative estimate of drug-likeness (QED) is 0.520. The van der Waals surface area contributed by atoms with Gasteiger partial charge < -0.3 is 19.5 Å². The van der Waals surface area contributed by atoms with Crippen molar-refractivity contribution in [1.82, 2.24) is 0 Å². The van der Waals surface area contributed by atoms with E-state index in [0.29, 0.717) is 29.2 Å². The highest BCUT2D eigenvalue weighted by Gasteiger charge is 2.38. The molecule has 1 atom stereocenters. The van der Waals surface area contributed by atoms with E-state index >= 15 is 0 Å². The Kier molecular flexibility index (Phi) is 6.74. The fraction of sp³-hybridized carbons (Fsp3) is 0.240. The van der Waals surface area contributed by atoms with Crippen LogP contribution in [-0.2, 0) is 25.5 Å². The van der Waals surface area contributed by atoms with E-state index in [4.69, 9.17) is 14.2 Å². The van der Waals surface area contributed by atoms with Crippen molar-refractivity contribution >= 4 is 34.2 Å². The Hall–Kier alpha value is -3.65. The summed E-state index contributed by atoms with van der Waals surface area (Å²) in [5, 5.41) is 3.10. The number of hydrogen-bond acceptors (Lipinski definition) is 7. The molecule has 0 spiro atoms. The number of thiophene rings is 1. The minimum atomic E-state index is -0.601. The van der Waals surface area contributed by atoms with Gasteiger partial charge in [0.2, 0.25) is 0 Å². The van der Waals surface area contributed by atoms with Gasteiger partial charge in [-0.1, -0.05) is 42.5 Å². The number of carbonyl (C=O) groups is 3. The van der Waals surface area contributed by atoms with E-state index in [1.807, 2.05) is 42.5 Å². The lowest BCUT2D eigenvalue weighted by Gasteiger charge is -2.12. The van der Waals surface area contributed by atoms with Gasteiger partial charge in [-0.05, 0) is 41.7 Å². The molecule has 0 saturated heterocycles. The summed E-state index contributed by atoms with van der Waals surface area (Å²) in [5.74, 6) is -1.41. The zero-order chi connectivity index (χ0) is 23.4. The highest BCUT2D eigenvalue weighted by molar-refractivity contribution is 7.17. The summed E-state index contributed by atoms with van der Waals surface area (Å²) >= 11 is 1.28. The van der Waals surface area contributed by atoms with Gasteiger partial charge in [-0.15, -0.1) is 11.3 Å². The first-order valence-corrected chi connectivity index (χ1v) is 11.2. The number of nitrogens with one attached hydrogen (secondary N) is 1. The van der Waals surface area contributed by atoms with Gasteiger partial charge in [0, 0.05) is 4.88 Å². The normalized spacial score (nSPS) is 14.3. The summed E-state index contributed by atoms with van der Waals surface area (Å²) in [7, 11) is 2.58. The van der Waals surface area contributed by atoms with Gasteiger partial charge in [-0.3, -0.25) is 9.59 Å². The van der Waals surface area contributed by atoms with Gasteiger partial charge >= 0.3 is 11.9 Å². The minimum absolute atomic E-state index is 0.214. The molecule has 7 nitrogen and oxygen atoms in total. The topological polar surface area (TPSA) is 90.9 Å². The number of esters is 2. The third kappa shape index (κ3) is 4.75. The Balaban J connectivity index is 1.45. The van der Waals surface area contributed by atoms with Crippen LogP contribution in [0.3, 0.4) is 0 Å². The molecule has 1 aromatic heterocycles. The Morgan fingerprint density at radius 3 is 2.33 bits per heavy atom. The second-order valence-corrected chi connectivity index (χ2v) is 8.58. The smallest absolute Gasteiger partial charge is 0.341 e. The number of hydrogen-bond donors (Lipinski definition) is 1. The second-order valence-electron chi connectivity index (χ2n) is 7.48. The van der Waals surface area contributed by atoms with E-state index in [-0.39, 0.29) is 12.2 Å². The summed E-state index contributed by atoms with van der Waals surface area (Å²) < 4.78 is 15.4. The summed E-state index contributed by atoms with van der Waals surface area (Å²) in [6.07, 6.45) is 1.19. The SMILES string of the molecule is COC(=O)c1c(NC(=O)COc2ccc(-c3ccccc3)cc2)sc2c1C(C(=O)OC)CC2. The number of fused-ring (bicyclic) bond motifs is 1. The van der Waals surface area contributed by atoms with Crippen LogP contribution in [0, 0.1) is 0 Å². The third-order valence-corrected chi connectivity index (χ3v) is 6.67. The molecule has 0 bridgehead atoms. The van der Waals surface area contributed by atoms with Crippen LogP contribution in [0.1, 0.15) is 33.1 Å². The van der Waals surface area contributed by atoms with Gasteiger partial charge in [-0.2, -0.15) is 0 Å². The fourth-order valence-electron chi connectivity index (χ4n) is 3.92. The second kappa shape index (κ2) is 9.87. The van der Waals surface area contributed by atoms with Crippen molar-refractivity contribution in [2.45, 2.75) is 18.8 Å². The van der Waals surface area contributed by atoms with E-state index < -0.39 is 23.8 Å². The summed E-state index contributed by atoms with van der Waals surface area (Å²) in [6, 6.07) is 17.4. The number of anilines is 1. The zero-order valence-corrected chi connectivity index (χ0v) is 19.1. The molecule has 1 heterocycles. The average molecular weight is 466 g/mol. The van der Waals surface area contributed by atoms with E-state index in [1.54, 1.807) is 12.1 Å². The molecule has 0 saturated carbocycles. The van der Waals surface area contributed by atoms with Crippen molar-refractivity contribution in [3.05, 3.63) is 70.6 Å². The first-order valence-electron chi connectivity index (χ1n) is 10.4. The molecule has 1 unspecified atom stereocenters. The summed E-state index contributed by atoms with van der Waals surface area (Å²) in [5.41, 5.74) is 2.94. The van der Waals surface area contributed by atoms with Crippen molar-refractivity contribution in [1.29, 1.82) is 0 Å². The van der Waals surface area contributed by atoms with Crippen LogP contribution < -0.4 is 10.1 Å². The van der Waals surface area contributed by atoms with Crippen LogP contribution >= 0.6 is 11.3 Å². The molecular formula is C25H23NO6S. The average Bonchev–Trinajstić information content (AvgIpc) is 3.41. The van der Waals surface area contributed by atoms with Gasteiger partial charge in [0.15, 0.2) is 6.61 Å². The highest BCUT2D eigenvalue weighted by Crippen LogP contribution is 2.45. The van der Waals surface area contributed by atoms with E-state index in [2.05, 4.69) is 5.32 Å². The number of ether oxygens (including phenoxy) is 3. The highest BCUT2D eigenvalue weighted by atomic mass is 32.1. The van der Waals surface area contributed by atoms with Crippen LogP contribution in [0.15, 0.2) is 54.6 Å². The van der Waals surface area contributed by atoms with Gasteiger partial charge in [0.05, 0.1) is 25.7 Å². The van der Waals surface area contributed by atoms with Gasteiger partial charge in [0.1, 0.15) is 10.8 Å². The van der Waals surface area contributed by atoms with Crippen molar-refractivity contribution in [3.8, 4) is 16.9 Å². The first kappa shape index (κ1) is 22.5. The molecule has 1 aliphatic rings. The van der Waals surface area contributed by atoms with Crippen molar-refractivity contribution in [3.63, 3.8) is 0 Å². The van der Waals surface area contributed by atoms with E-state index in [9.17, 15) is 14.4 Å². The molecule has 1 aliphatic carbocycles. The number of rotatable bonds is 7. The van der Waals surface area contributed by atoms with E-state index in [0.717, 1.165) is 16.0 Å². The maximum atomic E-state index is 12.6. The largest absolute Gasteiger partial charge is 0.484 e. The Morgan fingerprint density at radius 1 is 0.970 bits per heavy atom. The standard InChI is InChI=1S/C25H23NO6S/c1-30-24(28)18-12-13-19-21(18)22(25(29)31-2)23(33-19)26-20(27)14-32-17-10-8-16(9-11-17)15-6-4-3-5-7-15/h3-11,18H,12-14H2,1-2H3,(H,26,27). The minimum Gasteiger partial charge on any atom is -0.484 e. The molecule has 2 aromatic carbocycles. The number of benzene rings is 2. The van der Waals surface area contributed by atoms with Crippen molar-refractivity contribution < 1.29 is 28.6 Å². The molecule has 0 aliphatic heterocycles. The van der Waals surface area contributed by atoms with Crippen molar-refractivity contribution in [2.75, 3.05) is 26.1 Å². The van der Waals surface area contributed by atoms with Crippen LogP contribution in [0.2, 0.25) is 0 Å². The summed E-state index contributed by atoms with van der Waals surface area (Å²) in [4.78, 5) is 38.1. The molecule has 8 heteroatoms. The predicted molar refractivity (Wildman–Crippen MR) is 125 cm³/mol. The molecule has 4 rings (SSSR count). The van der Waals surface area contributed by atoms with Crippen LogP contribution in [0.25, 0.3) is 11.1 Å². The van der Waals surface area contributed by atoms with E-state index in [1.165, 1.54) is 25.6 Å². The first-order chi connectivity index (χ1) is 16.0. The van der Waals surface area contributed by atoms with Gasteiger partial charge in [-0.25, -0.2) is 4.79 Å². The molecule has 170 valence electrons. The van der Waals surface area contributed by atoms with Crippen LogP contribution in [0.4, 0.5) is 5.00 Å². The zero-order valence-electron chi connectivity index (χ0n) is 18.3. The molecule has 1 amide bonds. The number of amides is 1. The maximum Gasteiger partial charge on any atom is 0.341 e. The lowest BCUT2D eigenvalue weighted by Crippen LogP contribution is -2.22. The Bertz CT molecular complexity index is 1170. The molecule has 3 aromatic rings. The molecule has 1 N–H and O–H groups in total. The number of carbonyl (C=O) groups excluding carboxylic acids is 3. The molecule has 33 heavy (non-hydrogen) atoms.